The number of hydrogen-bond acceptors (Lipinski definition) is 4. The van der Waals surface area contributed by atoms with Gasteiger partial charge in [0.05, 0.1) is 11.4 Å². The molecule has 3 amide bonds. The van der Waals surface area contributed by atoms with Crippen LogP contribution in [0.15, 0.2) is 5.16 Å². The molecular formula is C15H24N4O2S. The molecule has 6 nitrogen and oxygen atoms in total. The van der Waals surface area contributed by atoms with Crippen molar-refractivity contribution in [1.82, 2.24) is 20.2 Å². The summed E-state index contributed by atoms with van der Waals surface area (Å²) in [7, 11) is 0. The first-order valence-corrected chi connectivity index (χ1v) is 8.62. The molecule has 1 aliphatic rings. The van der Waals surface area contributed by atoms with Crippen molar-refractivity contribution in [2.75, 3.05) is 5.75 Å². The molecule has 0 aliphatic heterocycles. The molecule has 1 aromatic rings. The van der Waals surface area contributed by atoms with Gasteiger partial charge in [-0.2, -0.15) is 0 Å². The molecule has 0 saturated heterocycles. The molecule has 0 aromatic carbocycles. The Hall–Kier alpha value is -1.50. The third-order valence-corrected chi connectivity index (χ3v) is 4.44. The van der Waals surface area contributed by atoms with Crippen molar-refractivity contribution in [2.45, 2.75) is 58.3 Å². The van der Waals surface area contributed by atoms with Crippen molar-refractivity contribution in [3.8, 4) is 0 Å². The molecule has 22 heavy (non-hydrogen) atoms. The monoisotopic (exact) mass is 324 g/mol. The lowest BCUT2D eigenvalue weighted by atomic mass is 10.2. The largest absolute Gasteiger partial charge is 0.335 e. The molecule has 1 saturated carbocycles. The van der Waals surface area contributed by atoms with Gasteiger partial charge in [0.15, 0.2) is 5.16 Å². The van der Waals surface area contributed by atoms with E-state index in [0.29, 0.717) is 5.92 Å². The molecular weight excluding hydrogens is 300 g/mol. The van der Waals surface area contributed by atoms with E-state index in [4.69, 9.17) is 0 Å². The van der Waals surface area contributed by atoms with Crippen LogP contribution in [0.1, 0.15) is 38.1 Å². The Labute approximate surface area is 135 Å². The summed E-state index contributed by atoms with van der Waals surface area (Å²) in [6.07, 6.45) is 2.00. The number of carbonyl (C=O) groups excluding carboxylic acids is 2. The molecule has 2 N–H and O–H groups in total. The summed E-state index contributed by atoms with van der Waals surface area (Å²) < 4.78 is 2.14. The average molecular weight is 324 g/mol. The fourth-order valence-corrected chi connectivity index (χ4v) is 2.96. The lowest BCUT2D eigenvalue weighted by molar-refractivity contribution is -0.117. The van der Waals surface area contributed by atoms with Crippen molar-refractivity contribution < 1.29 is 9.59 Å². The highest BCUT2D eigenvalue weighted by Gasteiger charge is 2.24. The van der Waals surface area contributed by atoms with E-state index in [-0.39, 0.29) is 17.7 Å². The highest BCUT2D eigenvalue weighted by Crippen LogP contribution is 2.22. The number of aryl methyl sites for hydroxylation is 1. The third kappa shape index (κ3) is 4.76. The highest BCUT2D eigenvalue weighted by molar-refractivity contribution is 7.99. The van der Waals surface area contributed by atoms with E-state index >= 15 is 0 Å². The molecule has 0 spiro atoms. The molecule has 0 bridgehead atoms. The molecule has 7 heteroatoms. The van der Waals surface area contributed by atoms with Crippen LogP contribution in [0, 0.1) is 19.8 Å². The standard InChI is InChI=1S/C15H24N4O2S/c1-9(2)7-19-11(4)10(3)16-15(19)22-8-13(20)18-14(21)17-12-5-6-12/h9,12H,5-8H2,1-4H3,(H2,17,18,20,21). The lowest BCUT2D eigenvalue weighted by Gasteiger charge is -2.12. The summed E-state index contributed by atoms with van der Waals surface area (Å²) >= 11 is 1.37. The molecule has 1 heterocycles. The number of imidazole rings is 1. The molecule has 1 fully saturated rings. The smallest absolute Gasteiger partial charge is 0.321 e. The average Bonchev–Trinajstić information content (AvgIpc) is 3.18. The molecule has 0 radical (unpaired) electrons. The van der Waals surface area contributed by atoms with Gasteiger partial charge in [-0.3, -0.25) is 10.1 Å². The summed E-state index contributed by atoms with van der Waals surface area (Å²) in [4.78, 5) is 27.9. The zero-order valence-corrected chi connectivity index (χ0v) is 14.4. The number of carbonyl (C=O) groups is 2. The highest BCUT2D eigenvalue weighted by atomic mass is 32.2. The van der Waals surface area contributed by atoms with Crippen LogP contribution in [0.25, 0.3) is 0 Å². The van der Waals surface area contributed by atoms with Gasteiger partial charge in [0.1, 0.15) is 0 Å². The second-order valence-corrected chi connectivity index (χ2v) is 7.10. The van der Waals surface area contributed by atoms with E-state index in [0.717, 1.165) is 35.9 Å². The van der Waals surface area contributed by atoms with E-state index in [9.17, 15) is 9.59 Å². The summed E-state index contributed by atoms with van der Waals surface area (Å²) in [5.41, 5.74) is 2.11. The number of aromatic nitrogens is 2. The summed E-state index contributed by atoms with van der Waals surface area (Å²) in [6, 6.07) is -0.151. The van der Waals surface area contributed by atoms with Crippen LogP contribution in [0.5, 0.6) is 0 Å². The summed E-state index contributed by atoms with van der Waals surface area (Å²) in [5.74, 6) is 0.397. The van der Waals surface area contributed by atoms with E-state index in [1.807, 2.05) is 13.8 Å². The second kappa shape index (κ2) is 7.17. The van der Waals surface area contributed by atoms with E-state index in [2.05, 4.69) is 34.0 Å². The predicted octanol–water partition coefficient (Wildman–Crippen LogP) is 2.24. The maximum atomic E-state index is 11.8. The van der Waals surface area contributed by atoms with Crippen LogP contribution in [-0.2, 0) is 11.3 Å². The number of nitrogens with one attached hydrogen (secondary N) is 2. The summed E-state index contributed by atoms with van der Waals surface area (Å²) in [6.45, 7) is 9.19. The van der Waals surface area contributed by atoms with Gasteiger partial charge in [-0.25, -0.2) is 9.78 Å². The first kappa shape index (κ1) is 16.9. The van der Waals surface area contributed by atoms with E-state index in [1.165, 1.54) is 11.8 Å². The van der Waals surface area contributed by atoms with Crippen LogP contribution < -0.4 is 10.6 Å². The number of rotatable bonds is 6. The number of imide groups is 1. The number of hydrogen-bond donors (Lipinski definition) is 2. The fraction of sp³-hybridized carbons (Fsp3) is 0.667. The minimum Gasteiger partial charge on any atom is -0.335 e. The maximum Gasteiger partial charge on any atom is 0.321 e. The van der Waals surface area contributed by atoms with Crippen LogP contribution in [-0.4, -0.2) is 33.3 Å². The number of nitrogens with zero attached hydrogens (tertiary/aromatic N) is 2. The Kier molecular flexibility index (Phi) is 5.50. The molecule has 2 rings (SSSR count). The van der Waals surface area contributed by atoms with Crippen LogP contribution in [0.3, 0.4) is 0 Å². The zero-order valence-electron chi connectivity index (χ0n) is 13.6. The minimum atomic E-state index is -0.397. The van der Waals surface area contributed by atoms with Crippen molar-refractivity contribution in [3.05, 3.63) is 11.4 Å². The predicted molar refractivity (Wildman–Crippen MR) is 87.0 cm³/mol. The van der Waals surface area contributed by atoms with Crippen LogP contribution in [0.2, 0.25) is 0 Å². The minimum absolute atomic E-state index is 0.187. The Balaban J connectivity index is 1.88. The van der Waals surface area contributed by atoms with E-state index < -0.39 is 6.03 Å². The first-order valence-electron chi connectivity index (χ1n) is 7.63. The Bertz CT molecular complexity index is 564. The van der Waals surface area contributed by atoms with Crippen LogP contribution in [0.4, 0.5) is 4.79 Å². The molecule has 1 aromatic heterocycles. The SMILES string of the molecule is Cc1nc(SCC(=O)NC(=O)NC2CC2)n(CC(C)C)c1C. The zero-order chi connectivity index (χ0) is 16.3. The quantitative estimate of drug-likeness (QED) is 0.787. The van der Waals surface area contributed by atoms with Crippen molar-refractivity contribution in [3.63, 3.8) is 0 Å². The van der Waals surface area contributed by atoms with Gasteiger partial charge in [0, 0.05) is 18.3 Å². The topological polar surface area (TPSA) is 76.0 Å². The third-order valence-electron chi connectivity index (χ3n) is 3.47. The first-order chi connectivity index (χ1) is 10.4. The maximum absolute atomic E-state index is 11.8. The number of urea groups is 1. The fourth-order valence-electron chi connectivity index (χ4n) is 2.06. The van der Waals surface area contributed by atoms with Gasteiger partial charge in [0.25, 0.3) is 0 Å². The van der Waals surface area contributed by atoms with Crippen LogP contribution >= 0.6 is 11.8 Å². The molecule has 1 aliphatic carbocycles. The Morgan fingerprint density at radius 3 is 2.64 bits per heavy atom. The van der Waals surface area contributed by atoms with Gasteiger partial charge in [0.2, 0.25) is 5.91 Å². The second-order valence-electron chi connectivity index (χ2n) is 6.15. The van der Waals surface area contributed by atoms with Gasteiger partial charge >= 0.3 is 6.03 Å². The summed E-state index contributed by atoms with van der Waals surface area (Å²) in [5, 5.41) is 5.92. The van der Waals surface area contributed by atoms with Gasteiger partial charge < -0.3 is 9.88 Å². The van der Waals surface area contributed by atoms with Crippen molar-refractivity contribution in [2.24, 2.45) is 5.92 Å². The van der Waals surface area contributed by atoms with Crippen molar-refractivity contribution in [1.29, 1.82) is 0 Å². The number of amides is 3. The Morgan fingerprint density at radius 2 is 2.05 bits per heavy atom. The number of thioether (sulfide) groups is 1. The van der Waals surface area contributed by atoms with E-state index in [1.54, 1.807) is 0 Å². The Morgan fingerprint density at radius 1 is 1.36 bits per heavy atom. The van der Waals surface area contributed by atoms with Gasteiger partial charge in [-0.15, -0.1) is 0 Å². The molecule has 0 unspecified atom stereocenters. The molecule has 0 atom stereocenters. The van der Waals surface area contributed by atoms with Gasteiger partial charge in [-0.05, 0) is 32.6 Å². The lowest BCUT2D eigenvalue weighted by Crippen LogP contribution is -2.41. The van der Waals surface area contributed by atoms with Crippen molar-refractivity contribution >= 4 is 23.7 Å². The van der Waals surface area contributed by atoms with Gasteiger partial charge in [-0.1, -0.05) is 25.6 Å². The normalized spacial score (nSPS) is 14.2. The molecule has 122 valence electrons.